The highest BCUT2D eigenvalue weighted by Gasteiger charge is 2.33. The first-order valence-corrected chi connectivity index (χ1v) is 7.58. The van der Waals surface area contributed by atoms with E-state index < -0.39 is 21.1 Å². The van der Waals surface area contributed by atoms with Gasteiger partial charge in [0.1, 0.15) is 5.75 Å². The van der Waals surface area contributed by atoms with E-state index in [1.807, 2.05) is 6.92 Å². The molecule has 0 saturated heterocycles. The maximum atomic E-state index is 12.3. The molecular weight excluding hydrogens is 268 g/mol. The zero-order chi connectivity index (χ0) is 14.5. The Labute approximate surface area is 113 Å². The van der Waals surface area contributed by atoms with E-state index in [0.29, 0.717) is 12.2 Å². The van der Waals surface area contributed by atoms with Gasteiger partial charge in [0.2, 0.25) is 0 Å². The van der Waals surface area contributed by atoms with Crippen LogP contribution in [0.25, 0.3) is 0 Å². The number of hydrogen-bond acceptors (Lipinski definition) is 4. The van der Waals surface area contributed by atoms with Gasteiger partial charge in [0, 0.05) is 0 Å². The molecule has 0 heterocycles. The van der Waals surface area contributed by atoms with Crippen LogP contribution in [0.1, 0.15) is 26.2 Å². The molecular formula is C13H18O5S. The SMILES string of the molecule is CCCCC(C(=O)O)S(=O)(=O)c1ccc(OC)cc1. The second-order valence-corrected chi connectivity index (χ2v) is 6.32. The van der Waals surface area contributed by atoms with Crippen LogP contribution in [0.4, 0.5) is 0 Å². The van der Waals surface area contributed by atoms with E-state index in [1.165, 1.54) is 31.4 Å². The molecule has 19 heavy (non-hydrogen) atoms. The van der Waals surface area contributed by atoms with Crippen LogP contribution >= 0.6 is 0 Å². The van der Waals surface area contributed by atoms with Gasteiger partial charge in [-0.3, -0.25) is 4.79 Å². The molecule has 1 atom stereocenters. The number of methoxy groups -OCH3 is 1. The number of rotatable bonds is 7. The second kappa shape index (κ2) is 6.56. The van der Waals surface area contributed by atoms with E-state index in [4.69, 9.17) is 9.84 Å². The third kappa shape index (κ3) is 3.70. The van der Waals surface area contributed by atoms with Crippen molar-refractivity contribution in [1.82, 2.24) is 0 Å². The number of carboxylic acids is 1. The lowest BCUT2D eigenvalue weighted by Gasteiger charge is -2.13. The Hall–Kier alpha value is -1.56. The van der Waals surface area contributed by atoms with Crippen molar-refractivity contribution < 1.29 is 23.1 Å². The number of benzene rings is 1. The fourth-order valence-electron chi connectivity index (χ4n) is 1.73. The minimum atomic E-state index is -3.85. The summed E-state index contributed by atoms with van der Waals surface area (Å²) < 4.78 is 29.5. The fraction of sp³-hybridized carbons (Fsp3) is 0.462. The van der Waals surface area contributed by atoms with Crippen molar-refractivity contribution in [2.75, 3.05) is 7.11 Å². The smallest absolute Gasteiger partial charge is 0.322 e. The monoisotopic (exact) mass is 286 g/mol. The highest BCUT2D eigenvalue weighted by molar-refractivity contribution is 7.92. The minimum absolute atomic E-state index is 0.0109. The molecule has 1 rings (SSSR count). The number of sulfone groups is 1. The van der Waals surface area contributed by atoms with Gasteiger partial charge in [-0.05, 0) is 30.7 Å². The lowest BCUT2D eigenvalue weighted by molar-refractivity contribution is -0.136. The van der Waals surface area contributed by atoms with Gasteiger partial charge in [0.15, 0.2) is 15.1 Å². The van der Waals surface area contributed by atoms with Gasteiger partial charge >= 0.3 is 5.97 Å². The van der Waals surface area contributed by atoms with Crippen molar-refractivity contribution >= 4 is 15.8 Å². The Bertz CT molecular complexity index is 518. The molecule has 0 spiro atoms. The molecule has 0 fully saturated rings. The number of hydrogen-bond donors (Lipinski definition) is 1. The van der Waals surface area contributed by atoms with Gasteiger partial charge in [0.05, 0.1) is 12.0 Å². The molecule has 0 saturated carbocycles. The average molecular weight is 286 g/mol. The van der Waals surface area contributed by atoms with Crippen molar-refractivity contribution in [1.29, 1.82) is 0 Å². The second-order valence-electron chi connectivity index (χ2n) is 4.19. The highest BCUT2D eigenvalue weighted by atomic mass is 32.2. The largest absolute Gasteiger partial charge is 0.497 e. The Morgan fingerprint density at radius 3 is 2.32 bits per heavy atom. The summed E-state index contributed by atoms with van der Waals surface area (Å²) in [5, 5.41) is 7.71. The van der Waals surface area contributed by atoms with Crippen LogP contribution in [0.15, 0.2) is 29.2 Å². The van der Waals surface area contributed by atoms with Gasteiger partial charge in [0.25, 0.3) is 0 Å². The zero-order valence-corrected chi connectivity index (χ0v) is 11.8. The fourth-order valence-corrected chi connectivity index (χ4v) is 3.32. The summed E-state index contributed by atoms with van der Waals surface area (Å²) in [6.07, 6.45) is 1.44. The third-order valence-electron chi connectivity index (χ3n) is 2.86. The molecule has 1 N–H and O–H groups in total. The molecule has 0 bridgehead atoms. The van der Waals surface area contributed by atoms with Gasteiger partial charge in [-0.25, -0.2) is 8.42 Å². The van der Waals surface area contributed by atoms with Crippen molar-refractivity contribution in [2.24, 2.45) is 0 Å². The summed E-state index contributed by atoms with van der Waals surface area (Å²) in [6.45, 7) is 1.89. The third-order valence-corrected chi connectivity index (χ3v) is 4.97. The molecule has 1 aromatic rings. The van der Waals surface area contributed by atoms with Crippen LogP contribution in [0.2, 0.25) is 0 Å². The van der Waals surface area contributed by atoms with Crippen LogP contribution in [-0.2, 0) is 14.6 Å². The van der Waals surface area contributed by atoms with E-state index in [1.54, 1.807) is 0 Å². The molecule has 5 nitrogen and oxygen atoms in total. The molecule has 1 aromatic carbocycles. The lowest BCUT2D eigenvalue weighted by Crippen LogP contribution is -2.30. The van der Waals surface area contributed by atoms with E-state index in [0.717, 1.165) is 6.42 Å². The number of carboxylic acid groups (broad SMARTS) is 1. The van der Waals surface area contributed by atoms with E-state index in [2.05, 4.69) is 0 Å². The quantitative estimate of drug-likeness (QED) is 0.830. The van der Waals surface area contributed by atoms with Crippen molar-refractivity contribution in [3.05, 3.63) is 24.3 Å². The minimum Gasteiger partial charge on any atom is -0.497 e. The van der Waals surface area contributed by atoms with Crippen molar-refractivity contribution in [3.8, 4) is 5.75 Å². The molecule has 1 unspecified atom stereocenters. The summed E-state index contributed by atoms with van der Waals surface area (Å²) in [7, 11) is -2.38. The maximum absolute atomic E-state index is 12.3. The van der Waals surface area contributed by atoms with Gasteiger partial charge in [-0.1, -0.05) is 19.8 Å². The van der Waals surface area contributed by atoms with Crippen LogP contribution in [0, 0.1) is 0 Å². The highest BCUT2D eigenvalue weighted by Crippen LogP contribution is 2.22. The Morgan fingerprint density at radius 1 is 1.32 bits per heavy atom. The number of unbranched alkanes of at least 4 members (excludes halogenated alkanes) is 1. The average Bonchev–Trinajstić information content (AvgIpc) is 2.38. The van der Waals surface area contributed by atoms with E-state index in [9.17, 15) is 13.2 Å². The Kier molecular flexibility index (Phi) is 5.35. The van der Waals surface area contributed by atoms with Crippen LogP contribution in [0.5, 0.6) is 5.75 Å². The predicted octanol–water partition coefficient (Wildman–Crippen LogP) is 2.11. The molecule has 106 valence electrons. The summed E-state index contributed by atoms with van der Waals surface area (Å²) in [5.74, 6) is -0.774. The van der Waals surface area contributed by atoms with E-state index in [-0.39, 0.29) is 11.3 Å². The molecule has 0 aliphatic heterocycles. The summed E-state index contributed by atoms with van der Waals surface area (Å²) in [6, 6.07) is 5.75. The normalized spacial score (nSPS) is 12.9. The first-order valence-electron chi connectivity index (χ1n) is 6.04. The molecule has 0 aliphatic carbocycles. The van der Waals surface area contributed by atoms with Crippen molar-refractivity contribution in [3.63, 3.8) is 0 Å². The summed E-state index contributed by atoms with van der Waals surface area (Å²) >= 11 is 0. The first kappa shape index (κ1) is 15.5. The molecule has 0 aromatic heterocycles. The van der Waals surface area contributed by atoms with Gasteiger partial charge in [-0.2, -0.15) is 0 Å². The summed E-state index contributed by atoms with van der Waals surface area (Å²) in [5.41, 5.74) is 0. The van der Waals surface area contributed by atoms with Crippen LogP contribution in [0.3, 0.4) is 0 Å². The van der Waals surface area contributed by atoms with Crippen LogP contribution in [-0.4, -0.2) is 31.9 Å². The van der Waals surface area contributed by atoms with Gasteiger partial charge in [-0.15, -0.1) is 0 Å². The van der Waals surface area contributed by atoms with E-state index >= 15 is 0 Å². The number of aliphatic carboxylic acids is 1. The maximum Gasteiger partial charge on any atom is 0.322 e. The van der Waals surface area contributed by atoms with Gasteiger partial charge < -0.3 is 9.84 Å². The molecule has 0 aliphatic rings. The molecule has 0 radical (unpaired) electrons. The van der Waals surface area contributed by atoms with Crippen LogP contribution < -0.4 is 4.74 Å². The standard InChI is InChI=1S/C13H18O5S/c1-3-4-5-12(13(14)15)19(16,17)11-8-6-10(18-2)7-9-11/h6-9,12H,3-5H2,1-2H3,(H,14,15). The Balaban J connectivity index is 3.07. The topological polar surface area (TPSA) is 80.7 Å². The number of carbonyl (C=O) groups is 1. The first-order chi connectivity index (χ1) is 8.93. The lowest BCUT2D eigenvalue weighted by atomic mass is 10.2. The predicted molar refractivity (Wildman–Crippen MR) is 71.1 cm³/mol. The Morgan fingerprint density at radius 2 is 1.89 bits per heavy atom. The van der Waals surface area contributed by atoms with Crippen molar-refractivity contribution in [2.45, 2.75) is 36.3 Å². The molecule has 6 heteroatoms. The zero-order valence-electron chi connectivity index (χ0n) is 11.0. The molecule has 0 amide bonds. The number of ether oxygens (including phenoxy) is 1. The summed E-state index contributed by atoms with van der Waals surface area (Å²) in [4.78, 5) is 11.2.